The summed E-state index contributed by atoms with van der Waals surface area (Å²) < 4.78 is 0. The molecular weight excluding hydrogens is 294 g/mol. The first kappa shape index (κ1) is 20.2. The Bertz CT molecular complexity index is 610. The number of nitrogens with zero attached hydrogens (tertiary/aromatic N) is 1. The highest BCUT2D eigenvalue weighted by molar-refractivity contribution is 5.88. The second-order valence-electron chi connectivity index (χ2n) is 7.66. The molecule has 0 atom stereocenters. The standard InChI is InChI=1S/C22H33NO/c1-17(10-8-11-18(2)16-21(24)23(6)7)13-14-20-19(3)12-9-15-22(20,4)5/h8,10-11,13-14,16H,9,12,15H2,1-7H3/b11-8+,14-13+,17-10+,18-16+. The number of amides is 1. The zero-order valence-corrected chi connectivity index (χ0v) is 16.4. The van der Waals surface area contributed by atoms with Gasteiger partial charge in [0, 0.05) is 20.2 Å². The van der Waals surface area contributed by atoms with Crippen molar-refractivity contribution >= 4 is 5.91 Å². The minimum Gasteiger partial charge on any atom is -0.345 e. The summed E-state index contributed by atoms with van der Waals surface area (Å²) in [6.45, 7) is 11.0. The van der Waals surface area contributed by atoms with E-state index in [-0.39, 0.29) is 11.3 Å². The first-order chi connectivity index (χ1) is 11.1. The van der Waals surface area contributed by atoms with Gasteiger partial charge in [0.1, 0.15) is 0 Å². The number of likely N-dealkylation sites (N-methyl/N-ethyl adjacent to an activating group) is 1. The summed E-state index contributed by atoms with van der Waals surface area (Å²) in [6, 6.07) is 0. The molecule has 2 nitrogen and oxygen atoms in total. The van der Waals surface area contributed by atoms with E-state index in [2.05, 4.69) is 45.9 Å². The van der Waals surface area contributed by atoms with E-state index in [1.807, 2.05) is 19.1 Å². The van der Waals surface area contributed by atoms with Crippen LogP contribution in [0.5, 0.6) is 0 Å². The molecule has 0 N–H and O–H groups in total. The first-order valence-corrected chi connectivity index (χ1v) is 8.76. The van der Waals surface area contributed by atoms with Gasteiger partial charge in [-0.25, -0.2) is 0 Å². The predicted molar refractivity (Wildman–Crippen MR) is 105 cm³/mol. The van der Waals surface area contributed by atoms with Gasteiger partial charge in [-0.15, -0.1) is 0 Å². The highest BCUT2D eigenvalue weighted by atomic mass is 16.2. The van der Waals surface area contributed by atoms with Crippen molar-refractivity contribution in [2.45, 2.75) is 53.9 Å². The predicted octanol–water partition coefficient (Wildman–Crippen LogP) is 5.61. The van der Waals surface area contributed by atoms with E-state index in [1.165, 1.54) is 36.0 Å². The van der Waals surface area contributed by atoms with Gasteiger partial charge in [-0.1, -0.05) is 55.4 Å². The molecule has 132 valence electrons. The third-order valence-corrected chi connectivity index (χ3v) is 4.57. The molecule has 1 aliphatic rings. The van der Waals surface area contributed by atoms with E-state index in [1.54, 1.807) is 25.1 Å². The second-order valence-corrected chi connectivity index (χ2v) is 7.66. The zero-order valence-electron chi connectivity index (χ0n) is 16.4. The molecule has 24 heavy (non-hydrogen) atoms. The Hall–Kier alpha value is -1.83. The molecular formula is C22H33NO. The van der Waals surface area contributed by atoms with Gasteiger partial charge in [0.25, 0.3) is 0 Å². The van der Waals surface area contributed by atoms with E-state index >= 15 is 0 Å². The summed E-state index contributed by atoms with van der Waals surface area (Å²) >= 11 is 0. The second kappa shape index (κ2) is 8.86. The molecule has 0 radical (unpaired) electrons. The van der Waals surface area contributed by atoms with Crippen molar-refractivity contribution in [2.75, 3.05) is 14.1 Å². The van der Waals surface area contributed by atoms with Gasteiger partial charge in [-0.2, -0.15) is 0 Å². The van der Waals surface area contributed by atoms with E-state index in [9.17, 15) is 4.79 Å². The monoisotopic (exact) mass is 327 g/mol. The largest absolute Gasteiger partial charge is 0.345 e. The Morgan fingerprint density at radius 3 is 2.38 bits per heavy atom. The molecule has 0 aromatic carbocycles. The molecule has 0 spiro atoms. The van der Waals surface area contributed by atoms with Crippen molar-refractivity contribution in [3.8, 4) is 0 Å². The van der Waals surface area contributed by atoms with E-state index in [4.69, 9.17) is 0 Å². The van der Waals surface area contributed by atoms with E-state index in [0.717, 1.165) is 5.57 Å². The smallest absolute Gasteiger partial charge is 0.246 e. The maximum absolute atomic E-state index is 11.6. The lowest BCUT2D eigenvalue weighted by atomic mass is 9.72. The quantitative estimate of drug-likeness (QED) is 0.475. The minimum atomic E-state index is 0.0136. The molecule has 0 bridgehead atoms. The van der Waals surface area contributed by atoms with Crippen LogP contribution < -0.4 is 0 Å². The number of carbonyl (C=O) groups excluding carboxylic acids is 1. The average Bonchev–Trinajstić information content (AvgIpc) is 2.45. The van der Waals surface area contributed by atoms with Crippen LogP contribution >= 0.6 is 0 Å². The fourth-order valence-corrected chi connectivity index (χ4v) is 3.00. The summed E-state index contributed by atoms with van der Waals surface area (Å²) in [4.78, 5) is 13.2. The van der Waals surface area contributed by atoms with Gasteiger partial charge >= 0.3 is 0 Å². The van der Waals surface area contributed by atoms with Crippen LogP contribution in [0.3, 0.4) is 0 Å². The number of allylic oxidation sites excluding steroid dienone is 9. The van der Waals surface area contributed by atoms with Crippen molar-refractivity contribution in [2.24, 2.45) is 5.41 Å². The summed E-state index contributed by atoms with van der Waals surface area (Å²) in [5, 5.41) is 0. The van der Waals surface area contributed by atoms with Crippen LogP contribution in [0.2, 0.25) is 0 Å². The minimum absolute atomic E-state index is 0.0136. The maximum atomic E-state index is 11.6. The lowest BCUT2D eigenvalue weighted by molar-refractivity contribution is -0.123. The van der Waals surface area contributed by atoms with E-state index in [0.29, 0.717) is 0 Å². The lowest BCUT2D eigenvalue weighted by Gasteiger charge is -2.32. The Balaban J connectivity index is 2.77. The Labute approximate surface area is 148 Å². The summed E-state index contributed by atoms with van der Waals surface area (Å²) in [5.41, 5.74) is 5.44. The topological polar surface area (TPSA) is 20.3 Å². The van der Waals surface area contributed by atoms with Gasteiger partial charge in [-0.3, -0.25) is 4.79 Å². The molecule has 1 rings (SSSR count). The molecule has 0 aliphatic heterocycles. The average molecular weight is 328 g/mol. The maximum Gasteiger partial charge on any atom is 0.246 e. The Morgan fingerprint density at radius 2 is 1.79 bits per heavy atom. The fraction of sp³-hybridized carbons (Fsp3) is 0.500. The molecule has 1 amide bonds. The van der Waals surface area contributed by atoms with Gasteiger partial charge < -0.3 is 4.90 Å². The molecule has 1 aliphatic carbocycles. The number of hydrogen-bond acceptors (Lipinski definition) is 1. The van der Waals surface area contributed by atoms with Crippen LogP contribution in [-0.2, 0) is 4.79 Å². The molecule has 0 unspecified atom stereocenters. The molecule has 0 saturated carbocycles. The van der Waals surface area contributed by atoms with Crippen LogP contribution in [0, 0.1) is 5.41 Å². The molecule has 0 aromatic heterocycles. The van der Waals surface area contributed by atoms with Crippen molar-refractivity contribution in [1.29, 1.82) is 0 Å². The number of carbonyl (C=O) groups is 1. The molecule has 0 saturated heterocycles. The van der Waals surface area contributed by atoms with Crippen LogP contribution in [0.4, 0.5) is 0 Å². The van der Waals surface area contributed by atoms with Crippen LogP contribution in [0.1, 0.15) is 53.9 Å². The molecule has 0 aromatic rings. The van der Waals surface area contributed by atoms with Gasteiger partial charge in [-0.05, 0) is 56.6 Å². The van der Waals surface area contributed by atoms with Crippen LogP contribution in [-0.4, -0.2) is 24.9 Å². The van der Waals surface area contributed by atoms with Crippen LogP contribution in [0.15, 0.2) is 58.7 Å². The highest BCUT2D eigenvalue weighted by Gasteiger charge is 2.26. The van der Waals surface area contributed by atoms with Gasteiger partial charge in [0.2, 0.25) is 5.91 Å². The SMILES string of the molecule is CC1=C(/C=C/C(C)=C/C=C/C(C)=C/C(=O)N(C)C)C(C)(C)CCC1. The van der Waals surface area contributed by atoms with Crippen LogP contribution in [0.25, 0.3) is 0 Å². The third kappa shape index (κ3) is 6.35. The summed E-state index contributed by atoms with van der Waals surface area (Å²) in [7, 11) is 3.52. The molecule has 0 fully saturated rings. The summed E-state index contributed by atoms with van der Waals surface area (Å²) in [5.74, 6) is 0.0136. The highest BCUT2D eigenvalue weighted by Crippen LogP contribution is 2.40. The summed E-state index contributed by atoms with van der Waals surface area (Å²) in [6.07, 6.45) is 16.0. The third-order valence-electron chi connectivity index (χ3n) is 4.57. The lowest BCUT2D eigenvalue weighted by Crippen LogP contribution is -2.19. The van der Waals surface area contributed by atoms with Crippen molar-refractivity contribution in [1.82, 2.24) is 4.90 Å². The molecule has 0 heterocycles. The van der Waals surface area contributed by atoms with Crippen molar-refractivity contribution in [3.63, 3.8) is 0 Å². The van der Waals surface area contributed by atoms with Gasteiger partial charge in [0.15, 0.2) is 0 Å². The van der Waals surface area contributed by atoms with E-state index < -0.39 is 0 Å². The molecule has 2 heteroatoms. The van der Waals surface area contributed by atoms with Crippen molar-refractivity contribution < 1.29 is 4.79 Å². The Kier molecular flexibility index (Phi) is 7.47. The van der Waals surface area contributed by atoms with Crippen molar-refractivity contribution in [3.05, 3.63) is 58.7 Å². The number of hydrogen-bond donors (Lipinski definition) is 0. The Morgan fingerprint density at radius 1 is 1.12 bits per heavy atom. The zero-order chi connectivity index (χ0) is 18.3. The number of rotatable bonds is 5. The first-order valence-electron chi connectivity index (χ1n) is 8.76. The fourth-order valence-electron chi connectivity index (χ4n) is 3.00. The van der Waals surface area contributed by atoms with Gasteiger partial charge in [0.05, 0.1) is 0 Å². The normalized spacial score (nSPS) is 19.5.